The number of nitro benzene ring substituents is 1. The van der Waals surface area contributed by atoms with Gasteiger partial charge in [-0.3, -0.25) is 10.1 Å². The summed E-state index contributed by atoms with van der Waals surface area (Å²) in [6, 6.07) is 5.17. The van der Waals surface area contributed by atoms with Crippen LogP contribution in [0.5, 0.6) is 0 Å². The molecule has 1 aliphatic rings. The highest BCUT2D eigenvalue weighted by Gasteiger charge is 2.39. The van der Waals surface area contributed by atoms with E-state index in [1.54, 1.807) is 12.1 Å². The van der Waals surface area contributed by atoms with Gasteiger partial charge >= 0.3 is 0 Å². The molecule has 0 aliphatic carbocycles. The summed E-state index contributed by atoms with van der Waals surface area (Å²) in [6.07, 6.45) is 0. The summed E-state index contributed by atoms with van der Waals surface area (Å²) in [5.41, 5.74) is 0.0706. The molecule has 0 bridgehead atoms. The van der Waals surface area contributed by atoms with Crippen molar-refractivity contribution in [1.29, 1.82) is 0 Å². The Morgan fingerprint density at radius 3 is 2.30 bits per heavy atom. The number of nitrogens with zero attached hydrogens (tertiary/aromatic N) is 2. The third-order valence-corrected chi connectivity index (χ3v) is 3.66. The highest BCUT2D eigenvalue weighted by molar-refractivity contribution is 9.10. The highest BCUT2D eigenvalue weighted by Crippen LogP contribution is 2.37. The minimum atomic E-state index is -0.345. The van der Waals surface area contributed by atoms with Gasteiger partial charge in [0.25, 0.3) is 5.69 Å². The molecule has 0 radical (unpaired) electrons. The fraction of sp³-hybridized carbons (Fsp3) is 0.571. The van der Waals surface area contributed by atoms with Crippen molar-refractivity contribution in [1.82, 2.24) is 0 Å². The molecular weight excluding hydrogens is 324 g/mol. The number of benzene rings is 1. The molecule has 110 valence electrons. The van der Waals surface area contributed by atoms with E-state index in [4.69, 9.17) is 4.74 Å². The Morgan fingerprint density at radius 2 is 1.80 bits per heavy atom. The summed E-state index contributed by atoms with van der Waals surface area (Å²) < 4.78 is 6.72. The Kier molecular flexibility index (Phi) is 3.81. The lowest BCUT2D eigenvalue weighted by Gasteiger charge is -2.47. The predicted octanol–water partition coefficient (Wildman–Crippen LogP) is 3.75. The molecule has 6 heteroatoms. The van der Waals surface area contributed by atoms with Gasteiger partial charge in [-0.1, -0.05) is 15.9 Å². The maximum absolute atomic E-state index is 11.3. The average molecular weight is 343 g/mol. The minimum absolute atomic E-state index is 0.118. The number of nitro groups is 1. The molecule has 1 aromatic carbocycles. The van der Waals surface area contributed by atoms with Gasteiger partial charge in [-0.05, 0) is 39.8 Å². The molecule has 20 heavy (non-hydrogen) atoms. The SMILES string of the molecule is CC1(C)CN(c2ccc(Br)cc2[N+](=O)[O-])CC(C)(C)O1. The second-order valence-corrected chi connectivity index (χ2v) is 7.28. The fourth-order valence-corrected chi connectivity index (χ4v) is 3.22. The normalized spacial score (nSPS) is 20.8. The molecular formula is C14H19BrN2O3. The van der Waals surface area contributed by atoms with E-state index in [0.717, 1.165) is 0 Å². The Labute approximate surface area is 127 Å². The van der Waals surface area contributed by atoms with Crippen LogP contribution in [0.3, 0.4) is 0 Å². The molecule has 0 amide bonds. The summed E-state index contributed by atoms with van der Waals surface area (Å²) in [5, 5.41) is 11.3. The molecule has 0 saturated carbocycles. The van der Waals surface area contributed by atoms with Crippen molar-refractivity contribution in [2.45, 2.75) is 38.9 Å². The number of morpholine rings is 1. The van der Waals surface area contributed by atoms with Crippen molar-refractivity contribution in [3.8, 4) is 0 Å². The summed E-state index contributed by atoms with van der Waals surface area (Å²) >= 11 is 3.29. The van der Waals surface area contributed by atoms with E-state index >= 15 is 0 Å². The van der Waals surface area contributed by atoms with E-state index in [2.05, 4.69) is 15.9 Å². The van der Waals surface area contributed by atoms with Crippen LogP contribution < -0.4 is 4.90 Å². The second-order valence-electron chi connectivity index (χ2n) is 6.37. The van der Waals surface area contributed by atoms with Gasteiger partial charge in [-0.25, -0.2) is 0 Å². The van der Waals surface area contributed by atoms with Gasteiger partial charge in [0, 0.05) is 23.6 Å². The molecule has 2 rings (SSSR count). The van der Waals surface area contributed by atoms with Gasteiger partial charge in [0.15, 0.2) is 0 Å². The van der Waals surface area contributed by atoms with E-state index in [1.807, 2.05) is 38.7 Å². The second kappa shape index (κ2) is 5.00. The molecule has 0 aromatic heterocycles. The molecule has 0 atom stereocenters. The van der Waals surface area contributed by atoms with E-state index in [0.29, 0.717) is 23.2 Å². The number of ether oxygens (including phenoxy) is 1. The zero-order chi connectivity index (χ0) is 15.1. The first-order chi connectivity index (χ1) is 9.10. The van der Waals surface area contributed by atoms with Crippen LogP contribution in [0.4, 0.5) is 11.4 Å². The van der Waals surface area contributed by atoms with Crippen molar-refractivity contribution in [3.05, 3.63) is 32.8 Å². The van der Waals surface area contributed by atoms with Crippen LogP contribution >= 0.6 is 15.9 Å². The Balaban J connectivity index is 2.43. The van der Waals surface area contributed by atoms with Crippen LogP contribution in [-0.4, -0.2) is 29.2 Å². The number of hydrogen-bond acceptors (Lipinski definition) is 4. The van der Waals surface area contributed by atoms with Crippen LogP contribution in [0, 0.1) is 10.1 Å². The lowest BCUT2D eigenvalue weighted by atomic mass is 9.98. The van der Waals surface area contributed by atoms with Crippen molar-refractivity contribution in [3.63, 3.8) is 0 Å². The minimum Gasteiger partial charge on any atom is -0.366 e. The molecule has 1 saturated heterocycles. The first-order valence-electron chi connectivity index (χ1n) is 6.49. The number of rotatable bonds is 2. The highest BCUT2D eigenvalue weighted by atomic mass is 79.9. The number of anilines is 1. The van der Waals surface area contributed by atoms with Crippen LogP contribution in [0.15, 0.2) is 22.7 Å². The van der Waals surface area contributed by atoms with E-state index in [-0.39, 0.29) is 21.8 Å². The van der Waals surface area contributed by atoms with Gasteiger partial charge in [0.2, 0.25) is 0 Å². The molecule has 1 aromatic rings. The van der Waals surface area contributed by atoms with Crippen LogP contribution in [-0.2, 0) is 4.74 Å². The molecule has 5 nitrogen and oxygen atoms in total. The van der Waals surface area contributed by atoms with Crippen molar-refractivity contribution in [2.24, 2.45) is 0 Å². The maximum Gasteiger partial charge on any atom is 0.293 e. The fourth-order valence-electron chi connectivity index (χ4n) is 2.87. The van der Waals surface area contributed by atoms with Crippen LogP contribution in [0.25, 0.3) is 0 Å². The van der Waals surface area contributed by atoms with Gasteiger partial charge < -0.3 is 9.64 Å². The molecule has 1 fully saturated rings. The lowest BCUT2D eigenvalue weighted by molar-refractivity contribution is -0.384. The summed E-state index contributed by atoms with van der Waals surface area (Å²) in [4.78, 5) is 13.0. The number of hydrogen-bond donors (Lipinski definition) is 0. The Hall–Kier alpha value is -1.14. The zero-order valence-electron chi connectivity index (χ0n) is 12.1. The molecule has 1 aliphatic heterocycles. The lowest BCUT2D eigenvalue weighted by Crippen LogP contribution is -2.57. The standard InChI is InChI=1S/C14H19BrN2O3/c1-13(2)8-16(9-14(3,4)20-13)11-6-5-10(15)7-12(11)17(18)19/h5-7H,8-9H2,1-4H3. The molecule has 1 heterocycles. The van der Waals surface area contributed by atoms with E-state index < -0.39 is 0 Å². The summed E-state index contributed by atoms with van der Waals surface area (Å²) in [5.74, 6) is 0. The quantitative estimate of drug-likeness (QED) is 0.606. The first-order valence-corrected chi connectivity index (χ1v) is 7.28. The molecule has 0 spiro atoms. The average Bonchev–Trinajstić information content (AvgIpc) is 2.24. The van der Waals surface area contributed by atoms with Crippen molar-refractivity contribution < 1.29 is 9.66 Å². The smallest absolute Gasteiger partial charge is 0.293 e. The van der Waals surface area contributed by atoms with Crippen LogP contribution in [0.2, 0.25) is 0 Å². The number of halogens is 1. The summed E-state index contributed by atoms with van der Waals surface area (Å²) in [7, 11) is 0. The van der Waals surface area contributed by atoms with Crippen LogP contribution in [0.1, 0.15) is 27.7 Å². The van der Waals surface area contributed by atoms with Gasteiger partial charge in [-0.2, -0.15) is 0 Å². The van der Waals surface area contributed by atoms with Gasteiger partial charge in [-0.15, -0.1) is 0 Å². The van der Waals surface area contributed by atoms with Gasteiger partial charge in [0.05, 0.1) is 16.1 Å². The van der Waals surface area contributed by atoms with E-state index in [9.17, 15) is 10.1 Å². The third kappa shape index (κ3) is 3.30. The largest absolute Gasteiger partial charge is 0.366 e. The third-order valence-electron chi connectivity index (χ3n) is 3.17. The predicted molar refractivity (Wildman–Crippen MR) is 82.3 cm³/mol. The van der Waals surface area contributed by atoms with E-state index in [1.165, 1.54) is 0 Å². The summed E-state index contributed by atoms with van der Waals surface area (Å²) in [6.45, 7) is 9.27. The topological polar surface area (TPSA) is 55.6 Å². The molecule has 0 unspecified atom stereocenters. The monoisotopic (exact) mass is 342 g/mol. The molecule has 0 N–H and O–H groups in total. The van der Waals surface area contributed by atoms with Crippen molar-refractivity contribution >= 4 is 27.3 Å². The Bertz CT molecular complexity index is 527. The first kappa shape index (κ1) is 15.3. The van der Waals surface area contributed by atoms with Crippen molar-refractivity contribution in [2.75, 3.05) is 18.0 Å². The van der Waals surface area contributed by atoms with Gasteiger partial charge in [0.1, 0.15) is 5.69 Å². The zero-order valence-corrected chi connectivity index (χ0v) is 13.7. The maximum atomic E-state index is 11.3. The Morgan fingerprint density at radius 1 is 1.25 bits per heavy atom.